The highest BCUT2D eigenvalue weighted by atomic mass is 14.1. The molecule has 4 rings (SSSR count). The Morgan fingerprint density at radius 2 is 0.786 bits per heavy atom. The quantitative estimate of drug-likeness (QED) is 0.351. The third kappa shape index (κ3) is 5.31. The lowest BCUT2D eigenvalue weighted by atomic mass is 9.93. The zero-order valence-electron chi connectivity index (χ0n) is 16.3. The van der Waals surface area contributed by atoms with E-state index in [1.54, 1.807) is 0 Å². The Hall–Kier alpha value is -3.38. The zero-order valence-corrected chi connectivity index (χ0v) is 16.3. The summed E-state index contributed by atoms with van der Waals surface area (Å²) in [6, 6.07) is 41.7. The van der Waals surface area contributed by atoms with Crippen LogP contribution in [0.15, 0.2) is 128 Å². The van der Waals surface area contributed by atoms with Crippen molar-refractivity contribution in [3.63, 3.8) is 0 Å². The predicted molar refractivity (Wildman–Crippen MR) is 121 cm³/mol. The number of rotatable bonds is 4. The fourth-order valence-electron chi connectivity index (χ4n) is 3.12. The minimum Gasteiger partial charge on any atom is -0.0906 e. The van der Waals surface area contributed by atoms with Crippen LogP contribution in [0.1, 0.15) is 35.1 Å². The van der Waals surface area contributed by atoms with E-state index in [0.717, 1.165) is 5.57 Å². The third-order valence-corrected chi connectivity index (χ3v) is 4.84. The molecule has 0 radical (unpaired) electrons. The van der Waals surface area contributed by atoms with Crippen molar-refractivity contribution >= 4 is 5.57 Å². The molecule has 0 heterocycles. The molecule has 4 aromatic rings. The molecule has 0 bridgehead atoms. The molecular weight excluding hydrogens is 336 g/mol. The molecule has 0 saturated carbocycles. The van der Waals surface area contributed by atoms with Crippen LogP contribution in [0.5, 0.6) is 0 Å². The summed E-state index contributed by atoms with van der Waals surface area (Å²) < 4.78 is 0. The van der Waals surface area contributed by atoms with E-state index in [1.807, 2.05) is 36.4 Å². The standard InChI is InChI=1S/C14H14.C14H12/c2*1-12(13-8-4-2-5-9-13)14-10-6-3-7-11-14/h2-12H,1H3;2-11H,1H2. The first-order chi connectivity index (χ1) is 13.8. The van der Waals surface area contributed by atoms with E-state index in [1.165, 1.54) is 22.3 Å². The summed E-state index contributed by atoms with van der Waals surface area (Å²) in [6.07, 6.45) is 0. The van der Waals surface area contributed by atoms with Gasteiger partial charge in [-0.05, 0) is 27.8 Å². The molecule has 0 aliphatic heterocycles. The van der Waals surface area contributed by atoms with Crippen LogP contribution in [-0.2, 0) is 0 Å². The van der Waals surface area contributed by atoms with Gasteiger partial charge in [0.2, 0.25) is 0 Å². The van der Waals surface area contributed by atoms with Crippen LogP contribution >= 0.6 is 0 Å². The zero-order chi connectivity index (χ0) is 19.6. The Morgan fingerprint density at radius 3 is 1.11 bits per heavy atom. The van der Waals surface area contributed by atoms with Crippen LogP contribution in [0.4, 0.5) is 0 Å². The van der Waals surface area contributed by atoms with Gasteiger partial charge in [0.1, 0.15) is 0 Å². The van der Waals surface area contributed by atoms with Crippen molar-refractivity contribution in [3.05, 3.63) is 150 Å². The van der Waals surface area contributed by atoms with Crippen molar-refractivity contribution in [2.24, 2.45) is 0 Å². The molecule has 0 nitrogen and oxygen atoms in total. The van der Waals surface area contributed by atoms with Crippen molar-refractivity contribution < 1.29 is 0 Å². The van der Waals surface area contributed by atoms with Crippen molar-refractivity contribution in [2.75, 3.05) is 0 Å². The van der Waals surface area contributed by atoms with Gasteiger partial charge >= 0.3 is 0 Å². The predicted octanol–water partition coefficient (Wildman–Crippen LogP) is 7.59. The number of benzene rings is 4. The van der Waals surface area contributed by atoms with Gasteiger partial charge in [-0.1, -0.05) is 135 Å². The first kappa shape index (κ1) is 19.4. The van der Waals surface area contributed by atoms with Crippen LogP contribution in [0.3, 0.4) is 0 Å². The van der Waals surface area contributed by atoms with Crippen LogP contribution in [0.2, 0.25) is 0 Å². The second-order valence-corrected chi connectivity index (χ2v) is 6.75. The second-order valence-electron chi connectivity index (χ2n) is 6.75. The molecule has 0 atom stereocenters. The summed E-state index contributed by atoms with van der Waals surface area (Å²) in [5, 5.41) is 0. The van der Waals surface area contributed by atoms with Crippen LogP contribution in [0, 0.1) is 0 Å². The smallest absolute Gasteiger partial charge is 0.00610 e. The topological polar surface area (TPSA) is 0 Å². The van der Waals surface area contributed by atoms with Crippen molar-refractivity contribution in [3.8, 4) is 0 Å². The Kier molecular flexibility index (Phi) is 6.98. The summed E-state index contributed by atoms with van der Waals surface area (Å²) in [5.41, 5.74) is 6.18. The second kappa shape index (κ2) is 10.1. The van der Waals surface area contributed by atoms with E-state index in [-0.39, 0.29) is 0 Å². The molecule has 0 aromatic heterocycles. The van der Waals surface area contributed by atoms with Crippen molar-refractivity contribution in [1.82, 2.24) is 0 Å². The highest BCUT2D eigenvalue weighted by Gasteiger charge is 2.05. The summed E-state index contributed by atoms with van der Waals surface area (Å²) in [4.78, 5) is 0. The van der Waals surface area contributed by atoms with Crippen LogP contribution in [-0.4, -0.2) is 0 Å². The molecular formula is C28H26. The van der Waals surface area contributed by atoms with E-state index in [9.17, 15) is 0 Å². The van der Waals surface area contributed by atoms with Crippen LogP contribution in [0.25, 0.3) is 5.57 Å². The Balaban J connectivity index is 0.000000161. The first-order valence-corrected chi connectivity index (χ1v) is 9.65. The monoisotopic (exact) mass is 362 g/mol. The fraction of sp³-hybridized carbons (Fsp3) is 0.0714. The lowest BCUT2D eigenvalue weighted by Crippen LogP contribution is -1.94. The van der Waals surface area contributed by atoms with Gasteiger partial charge in [-0.2, -0.15) is 0 Å². The lowest BCUT2D eigenvalue weighted by Gasteiger charge is -2.11. The summed E-state index contributed by atoms with van der Waals surface area (Å²) in [6.45, 7) is 6.34. The maximum absolute atomic E-state index is 4.10. The molecule has 0 amide bonds. The molecule has 0 spiro atoms. The maximum atomic E-state index is 4.10. The molecule has 4 aromatic carbocycles. The lowest BCUT2D eigenvalue weighted by molar-refractivity contribution is 0.922. The Bertz CT molecular complexity index is 874. The third-order valence-electron chi connectivity index (χ3n) is 4.84. The molecule has 0 aliphatic rings. The fourth-order valence-corrected chi connectivity index (χ4v) is 3.12. The average molecular weight is 363 g/mol. The highest BCUT2D eigenvalue weighted by Crippen LogP contribution is 2.23. The minimum absolute atomic E-state index is 0.484. The van der Waals surface area contributed by atoms with Gasteiger partial charge in [-0.15, -0.1) is 0 Å². The van der Waals surface area contributed by atoms with Crippen LogP contribution < -0.4 is 0 Å². The molecule has 28 heavy (non-hydrogen) atoms. The number of hydrogen-bond acceptors (Lipinski definition) is 0. The van der Waals surface area contributed by atoms with Gasteiger partial charge in [-0.25, -0.2) is 0 Å². The molecule has 0 aliphatic carbocycles. The summed E-state index contributed by atoms with van der Waals surface area (Å²) >= 11 is 0. The largest absolute Gasteiger partial charge is 0.0906 e. The average Bonchev–Trinajstić information content (AvgIpc) is 2.81. The molecule has 138 valence electrons. The molecule has 0 N–H and O–H groups in total. The highest BCUT2D eigenvalue weighted by molar-refractivity contribution is 5.77. The minimum atomic E-state index is 0.484. The summed E-state index contributed by atoms with van der Waals surface area (Å²) in [7, 11) is 0. The van der Waals surface area contributed by atoms with E-state index in [4.69, 9.17) is 0 Å². The SMILES string of the molecule is C=C(c1ccccc1)c1ccccc1.CC(c1ccccc1)c1ccccc1. The van der Waals surface area contributed by atoms with Gasteiger partial charge in [-0.3, -0.25) is 0 Å². The van der Waals surface area contributed by atoms with Gasteiger partial charge < -0.3 is 0 Å². The van der Waals surface area contributed by atoms with Crippen molar-refractivity contribution in [2.45, 2.75) is 12.8 Å². The Labute approximate surface area is 168 Å². The Morgan fingerprint density at radius 1 is 0.500 bits per heavy atom. The van der Waals surface area contributed by atoms with Gasteiger partial charge in [0.25, 0.3) is 0 Å². The molecule has 0 saturated heterocycles. The van der Waals surface area contributed by atoms with E-state index >= 15 is 0 Å². The number of hydrogen-bond donors (Lipinski definition) is 0. The molecule has 0 unspecified atom stereocenters. The first-order valence-electron chi connectivity index (χ1n) is 9.65. The van der Waals surface area contributed by atoms with Gasteiger partial charge in [0.15, 0.2) is 0 Å². The van der Waals surface area contributed by atoms with E-state index < -0.39 is 0 Å². The normalized spacial score (nSPS) is 10.1. The summed E-state index contributed by atoms with van der Waals surface area (Å²) in [5.74, 6) is 0.484. The molecule has 0 heteroatoms. The van der Waals surface area contributed by atoms with Gasteiger partial charge in [0, 0.05) is 5.92 Å². The van der Waals surface area contributed by atoms with Crippen molar-refractivity contribution in [1.29, 1.82) is 0 Å². The van der Waals surface area contributed by atoms with Gasteiger partial charge in [0.05, 0.1) is 0 Å². The van der Waals surface area contributed by atoms with E-state index in [2.05, 4.69) is 98.4 Å². The van der Waals surface area contributed by atoms with E-state index in [0.29, 0.717) is 5.92 Å². The maximum Gasteiger partial charge on any atom is 0.00610 e. The molecule has 0 fully saturated rings.